The predicted molar refractivity (Wildman–Crippen MR) is 74.5 cm³/mol. The molecule has 0 radical (unpaired) electrons. The first-order valence-corrected chi connectivity index (χ1v) is 6.39. The maximum atomic E-state index is 5.42. The zero-order chi connectivity index (χ0) is 14.2. The van der Waals surface area contributed by atoms with Gasteiger partial charge in [0.25, 0.3) is 0 Å². The van der Waals surface area contributed by atoms with E-state index in [0.717, 1.165) is 12.1 Å². The van der Waals surface area contributed by atoms with E-state index in [1.807, 2.05) is 19.1 Å². The van der Waals surface area contributed by atoms with Gasteiger partial charge in [0.2, 0.25) is 11.9 Å². The first-order chi connectivity index (χ1) is 9.81. The molecule has 0 aliphatic carbocycles. The van der Waals surface area contributed by atoms with Crippen LogP contribution in [0.25, 0.3) is 0 Å². The molecule has 8 heteroatoms. The second kappa shape index (κ2) is 7.17. The number of rotatable bonds is 7. The van der Waals surface area contributed by atoms with Crippen LogP contribution in [0.4, 0.5) is 11.9 Å². The van der Waals surface area contributed by atoms with Crippen molar-refractivity contribution in [2.24, 2.45) is 0 Å². The summed E-state index contributed by atoms with van der Waals surface area (Å²) in [6.45, 7) is 3.07. The van der Waals surface area contributed by atoms with Crippen molar-refractivity contribution in [1.29, 1.82) is 0 Å². The SMILES string of the molecule is CCCOc1nc(NC)nc(NCc2cccnn2)n1. The molecule has 2 aromatic rings. The van der Waals surface area contributed by atoms with Gasteiger partial charge in [-0.2, -0.15) is 25.1 Å². The van der Waals surface area contributed by atoms with Crippen molar-refractivity contribution in [2.75, 3.05) is 24.3 Å². The molecule has 0 aromatic carbocycles. The highest BCUT2D eigenvalue weighted by molar-refractivity contribution is 5.35. The van der Waals surface area contributed by atoms with Crippen molar-refractivity contribution in [3.8, 4) is 6.01 Å². The van der Waals surface area contributed by atoms with Gasteiger partial charge in [0.1, 0.15) is 0 Å². The van der Waals surface area contributed by atoms with E-state index in [4.69, 9.17) is 4.74 Å². The van der Waals surface area contributed by atoms with E-state index < -0.39 is 0 Å². The number of nitrogens with zero attached hydrogens (tertiary/aromatic N) is 5. The molecule has 2 rings (SSSR count). The molecule has 20 heavy (non-hydrogen) atoms. The van der Waals surface area contributed by atoms with Gasteiger partial charge in [-0.25, -0.2) is 0 Å². The minimum absolute atomic E-state index is 0.299. The van der Waals surface area contributed by atoms with Crippen molar-refractivity contribution in [3.05, 3.63) is 24.0 Å². The van der Waals surface area contributed by atoms with Crippen molar-refractivity contribution in [1.82, 2.24) is 25.1 Å². The molecule has 0 spiro atoms. The van der Waals surface area contributed by atoms with Crippen molar-refractivity contribution in [3.63, 3.8) is 0 Å². The van der Waals surface area contributed by atoms with Gasteiger partial charge in [-0.3, -0.25) is 0 Å². The van der Waals surface area contributed by atoms with E-state index in [2.05, 4.69) is 35.8 Å². The zero-order valence-corrected chi connectivity index (χ0v) is 11.5. The third-order valence-electron chi connectivity index (χ3n) is 2.33. The van der Waals surface area contributed by atoms with Crippen LogP contribution in [-0.2, 0) is 6.54 Å². The van der Waals surface area contributed by atoms with Crippen LogP contribution in [-0.4, -0.2) is 38.8 Å². The highest BCUT2D eigenvalue weighted by Gasteiger charge is 2.06. The molecule has 0 amide bonds. The summed E-state index contributed by atoms with van der Waals surface area (Å²) in [5, 5.41) is 13.7. The summed E-state index contributed by atoms with van der Waals surface area (Å²) in [7, 11) is 1.74. The summed E-state index contributed by atoms with van der Waals surface area (Å²) in [5.41, 5.74) is 0.801. The average molecular weight is 275 g/mol. The van der Waals surface area contributed by atoms with Crippen LogP contribution in [0.3, 0.4) is 0 Å². The standard InChI is InChI=1S/C12H17N7O/c1-3-7-20-12-17-10(13-2)16-11(18-12)14-8-9-5-4-6-15-19-9/h4-6H,3,7-8H2,1-2H3,(H2,13,14,16,17,18). The number of nitrogens with one attached hydrogen (secondary N) is 2. The van der Waals surface area contributed by atoms with Crippen LogP contribution in [0.2, 0.25) is 0 Å². The molecule has 2 N–H and O–H groups in total. The first kappa shape index (κ1) is 13.9. The lowest BCUT2D eigenvalue weighted by molar-refractivity contribution is 0.292. The quantitative estimate of drug-likeness (QED) is 0.775. The van der Waals surface area contributed by atoms with Crippen LogP contribution < -0.4 is 15.4 Å². The molecule has 0 bridgehead atoms. The summed E-state index contributed by atoms with van der Waals surface area (Å²) < 4.78 is 5.42. The van der Waals surface area contributed by atoms with E-state index in [1.54, 1.807) is 13.2 Å². The largest absolute Gasteiger partial charge is 0.463 e. The molecule has 0 saturated carbocycles. The Bertz CT molecular complexity index is 535. The van der Waals surface area contributed by atoms with Gasteiger partial charge < -0.3 is 15.4 Å². The van der Waals surface area contributed by atoms with Crippen LogP contribution in [0, 0.1) is 0 Å². The highest BCUT2D eigenvalue weighted by atomic mass is 16.5. The summed E-state index contributed by atoms with van der Waals surface area (Å²) in [6.07, 6.45) is 2.52. The van der Waals surface area contributed by atoms with Gasteiger partial charge in [0.05, 0.1) is 18.8 Å². The molecule has 0 unspecified atom stereocenters. The Morgan fingerprint density at radius 2 is 2.05 bits per heavy atom. The van der Waals surface area contributed by atoms with E-state index >= 15 is 0 Å². The zero-order valence-electron chi connectivity index (χ0n) is 11.5. The Kier molecular flexibility index (Phi) is 4.99. The summed E-state index contributed by atoms with van der Waals surface area (Å²) in [4.78, 5) is 12.5. The van der Waals surface area contributed by atoms with Gasteiger partial charge in [-0.1, -0.05) is 6.92 Å². The maximum absolute atomic E-state index is 5.42. The summed E-state index contributed by atoms with van der Waals surface area (Å²) in [6, 6.07) is 3.99. The van der Waals surface area contributed by atoms with Gasteiger partial charge in [0, 0.05) is 13.2 Å². The van der Waals surface area contributed by atoms with E-state index in [1.165, 1.54) is 0 Å². The minimum atomic E-state index is 0.299. The number of aromatic nitrogens is 5. The van der Waals surface area contributed by atoms with Crippen molar-refractivity contribution in [2.45, 2.75) is 19.9 Å². The Hall–Kier alpha value is -2.51. The maximum Gasteiger partial charge on any atom is 0.323 e. The fraction of sp³-hybridized carbons (Fsp3) is 0.417. The molecule has 8 nitrogen and oxygen atoms in total. The lowest BCUT2D eigenvalue weighted by Crippen LogP contribution is -2.10. The third kappa shape index (κ3) is 4.01. The molecule has 0 saturated heterocycles. The van der Waals surface area contributed by atoms with Crippen molar-refractivity contribution < 1.29 is 4.74 Å². The van der Waals surface area contributed by atoms with Crippen LogP contribution in [0.15, 0.2) is 18.3 Å². The molecule has 2 aromatic heterocycles. The predicted octanol–water partition coefficient (Wildman–Crippen LogP) is 1.10. The molecular weight excluding hydrogens is 258 g/mol. The first-order valence-electron chi connectivity index (χ1n) is 6.39. The molecule has 0 aliphatic rings. The summed E-state index contributed by atoms with van der Waals surface area (Å²) >= 11 is 0. The second-order valence-electron chi connectivity index (χ2n) is 3.93. The molecule has 106 valence electrons. The fourth-order valence-electron chi connectivity index (χ4n) is 1.40. The molecule has 0 aliphatic heterocycles. The topological polar surface area (TPSA) is 97.7 Å². The number of hydrogen-bond donors (Lipinski definition) is 2. The molecule has 0 fully saturated rings. The Morgan fingerprint density at radius 1 is 1.20 bits per heavy atom. The third-order valence-corrected chi connectivity index (χ3v) is 2.33. The Balaban J connectivity index is 2.06. The van der Waals surface area contributed by atoms with Gasteiger partial charge in [0.15, 0.2) is 0 Å². The Morgan fingerprint density at radius 3 is 2.75 bits per heavy atom. The smallest absolute Gasteiger partial charge is 0.323 e. The van der Waals surface area contributed by atoms with Gasteiger partial charge in [-0.15, -0.1) is 0 Å². The normalized spacial score (nSPS) is 10.1. The molecule has 2 heterocycles. The second-order valence-corrected chi connectivity index (χ2v) is 3.93. The fourth-order valence-corrected chi connectivity index (χ4v) is 1.40. The van der Waals surface area contributed by atoms with Gasteiger partial charge in [-0.05, 0) is 18.6 Å². The number of hydrogen-bond acceptors (Lipinski definition) is 8. The lowest BCUT2D eigenvalue weighted by atomic mass is 10.4. The highest BCUT2D eigenvalue weighted by Crippen LogP contribution is 2.11. The molecular formula is C12H17N7O. The summed E-state index contributed by atoms with van der Waals surface area (Å²) in [5.74, 6) is 0.883. The van der Waals surface area contributed by atoms with Gasteiger partial charge >= 0.3 is 6.01 Å². The number of anilines is 2. The lowest BCUT2D eigenvalue weighted by Gasteiger charge is -2.08. The Labute approximate surface area is 117 Å². The minimum Gasteiger partial charge on any atom is -0.463 e. The van der Waals surface area contributed by atoms with E-state index in [9.17, 15) is 0 Å². The van der Waals surface area contributed by atoms with E-state index in [0.29, 0.717) is 31.1 Å². The van der Waals surface area contributed by atoms with Crippen LogP contribution in [0.1, 0.15) is 19.0 Å². The van der Waals surface area contributed by atoms with Crippen molar-refractivity contribution >= 4 is 11.9 Å². The van der Waals surface area contributed by atoms with E-state index in [-0.39, 0.29) is 0 Å². The van der Waals surface area contributed by atoms with Crippen LogP contribution in [0.5, 0.6) is 6.01 Å². The average Bonchev–Trinajstić information content (AvgIpc) is 2.51. The monoisotopic (exact) mass is 275 g/mol. The van der Waals surface area contributed by atoms with Crippen LogP contribution >= 0.6 is 0 Å². The number of ether oxygens (including phenoxy) is 1. The molecule has 0 atom stereocenters.